The highest BCUT2D eigenvalue weighted by Crippen LogP contribution is 2.20. The van der Waals surface area contributed by atoms with Gasteiger partial charge < -0.3 is 10.3 Å². The van der Waals surface area contributed by atoms with Gasteiger partial charge in [0.25, 0.3) is 0 Å². The highest BCUT2D eigenvalue weighted by molar-refractivity contribution is 7.98. The van der Waals surface area contributed by atoms with Crippen LogP contribution in [-0.2, 0) is 6.42 Å². The summed E-state index contributed by atoms with van der Waals surface area (Å²) in [6.07, 6.45) is 3.93. The van der Waals surface area contributed by atoms with Gasteiger partial charge in [-0.15, -0.1) is 0 Å². The molecule has 0 bridgehead atoms. The maximum absolute atomic E-state index is 6.01. The normalized spacial score (nSPS) is 12.6. The van der Waals surface area contributed by atoms with Crippen molar-refractivity contribution < 1.29 is 4.52 Å². The third kappa shape index (κ3) is 3.58. The third-order valence-electron chi connectivity index (χ3n) is 3.01. The summed E-state index contributed by atoms with van der Waals surface area (Å²) in [4.78, 5) is 4.38. The molecule has 2 aromatic rings. The van der Waals surface area contributed by atoms with Gasteiger partial charge in [-0.1, -0.05) is 36.3 Å². The number of hydrogen-bond acceptors (Lipinski definition) is 5. The molecule has 0 spiro atoms. The SMILES string of the molecule is CCc1ccc(-c2noc([C@@H](N)CCSC)n2)cc1. The number of nitrogens with two attached hydrogens (primary N) is 1. The Morgan fingerprint density at radius 3 is 2.68 bits per heavy atom. The van der Waals surface area contributed by atoms with Crippen molar-refractivity contribution in [1.82, 2.24) is 10.1 Å². The van der Waals surface area contributed by atoms with E-state index in [9.17, 15) is 0 Å². The highest BCUT2D eigenvalue weighted by Gasteiger charge is 2.15. The Hall–Kier alpha value is -1.33. The van der Waals surface area contributed by atoms with Gasteiger partial charge in [0.15, 0.2) is 0 Å². The number of nitrogens with zero attached hydrogens (tertiary/aromatic N) is 2. The summed E-state index contributed by atoms with van der Waals surface area (Å²) in [6.45, 7) is 2.13. The van der Waals surface area contributed by atoms with Gasteiger partial charge in [0, 0.05) is 5.56 Å². The van der Waals surface area contributed by atoms with Crippen molar-refractivity contribution in [1.29, 1.82) is 0 Å². The highest BCUT2D eigenvalue weighted by atomic mass is 32.2. The maximum atomic E-state index is 6.01. The summed E-state index contributed by atoms with van der Waals surface area (Å²) < 4.78 is 5.24. The first-order valence-corrected chi connectivity index (χ1v) is 7.81. The zero-order valence-corrected chi connectivity index (χ0v) is 12.1. The van der Waals surface area contributed by atoms with Crippen LogP contribution in [0.1, 0.15) is 30.8 Å². The number of thioether (sulfide) groups is 1. The van der Waals surface area contributed by atoms with Crippen molar-refractivity contribution in [2.45, 2.75) is 25.8 Å². The van der Waals surface area contributed by atoms with E-state index in [2.05, 4.69) is 35.5 Å². The van der Waals surface area contributed by atoms with Crippen LogP contribution in [-0.4, -0.2) is 22.1 Å². The van der Waals surface area contributed by atoms with Crippen molar-refractivity contribution in [3.63, 3.8) is 0 Å². The first-order chi connectivity index (χ1) is 9.24. The molecule has 0 aliphatic carbocycles. The van der Waals surface area contributed by atoms with Crippen LogP contribution in [0.25, 0.3) is 11.4 Å². The topological polar surface area (TPSA) is 64.9 Å². The van der Waals surface area contributed by atoms with E-state index in [-0.39, 0.29) is 6.04 Å². The first kappa shape index (κ1) is 14.1. The van der Waals surface area contributed by atoms with Crippen LogP contribution in [0.2, 0.25) is 0 Å². The van der Waals surface area contributed by atoms with Gasteiger partial charge in [-0.3, -0.25) is 0 Å². The fraction of sp³-hybridized carbons (Fsp3) is 0.429. The van der Waals surface area contributed by atoms with Gasteiger partial charge in [-0.25, -0.2) is 0 Å². The Morgan fingerprint density at radius 1 is 1.32 bits per heavy atom. The van der Waals surface area contributed by atoms with E-state index in [4.69, 9.17) is 10.3 Å². The molecule has 2 N–H and O–H groups in total. The largest absolute Gasteiger partial charge is 0.337 e. The summed E-state index contributed by atoms with van der Waals surface area (Å²) in [5, 5.41) is 4.00. The molecule has 1 aromatic carbocycles. The molecule has 1 heterocycles. The predicted octanol–water partition coefficient (Wildman–Crippen LogP) is 3.05. The summed E-state index contributed by atoms with van der Waals surface area (Å²) in [5.74, 6) is 2.12. The Labute approximate surface area is 117 Å². The first-order valence-electron chi connectivity index (χ1n) is 6.42. The summed E-state index contributed by atoms with van der Waals surface area (Å²) in [6, 6.07) is 8.02. The van der Waals surface area contributed by atoms with Crippen molar-refractivity contribution in [2.24, 2.45) is 5.73 Å². The molecule has 1 atom stereocenters. The second-order valence-electron chi connectivity index (χ2n) is 4.39. The second kappa shape index (κ2) is 6.73. The Bertz CT molecular complexity index is 510. The number of rotatable bonds is 6. The van der Waals surface area contributed by atoms with Gasteiger partial charge in [0.1, 0.15) is 0 Å². The minimum atomic E-state index is -0.177. The molecule has 0 radical (unpaired) electrons. The maximum Gasteiger partial charge on any atom is 0.243 e. The average molecular weight is 277 g/mol. The van der Waals surface area contributed by atoms with Gasteiger partial charge >= 0.3 is 0 Å². The second-order valence-corrected chi connectivity index (χ2v) is 5.38. The third-order valence-corrected chi connectivity index (χ3v) is 3.66. The fourth-order valence-electron chi connectivity index (χ4n) is 1.76. The minimum absolute atomic E-state index is 0.177. The molecule has 0 unspecified atom stereocenters. The molecule has 102 valence electrons. The fourth-order valence-corrected chi connectivity index (χ4v) is 2.25. The number of benzene rings is 1. The molecule has 0 saturated heterocycles. The molecule has 4 nitrogen and oxygen atoms in total. The van der Waals surface area contributed by atoms with Crippen LogP contribution in [0.15, 0.2) is 28.8 Å². The van der Waals surface area contributed by atoms with Crippen LogP contribution in [0.5, 0.6) is 0 Å². The van der Waals surface area contributed by atoms with E-state index >= 15 is 0 Å². The molecule has 19 heavy (non-hydrogen) atoms. The van der Waals surface area contributed by atoms with Gasteiger partial charge in [-0.2, -0.15) is 16.7 Å². The van der Waals surface area contributed by atoms with Crippen LogP contribution in [0, 0.1) is 0 Å². The van der Waals surface area contributed by atoms with E-state index in [1.165, 1.54) is 5.56 Å². The standard InChI is InChI=1S/C14H19N3OS/c1-3-10-4-6-11(7-5-10)13-16-14(18-17-13)12(15)8-9-19-2/h4-7,12H,3,8-9,15H2,1-2H3/t12-/m0/s1. The zero-order chi connectivity index (χ0) is 13.7. The molecule has 0 aliphatic rings. The zero-order valence-electron chi connectivity index (χ0n) is 11.3. The molecule has 2 rings (SSSR count). The van der Waals surface area contributed by atoms with E-state index in [0.717, 1.165) is 24.2 Å². The molecule has 0 amide bonds. The van der Waals surface area contributed by atoms with Gasteiger partial charge in [-0.05, 0) is 30.4 Å². The van der Waals surface area contributed by atoms with Crippen molar-refractivity contribution in [3.05, 3.63) is 35.7 Å². The molecule has 1 aromatic heterocycles. The summed E-state index contributed by atoms with van der Waals surface area (Å²) >= 11 is 1.76. The van der Waals surface area contributed by atoms with Crippen LogP contribution < -0.4 is 5.73 Å². The van der Waals surface area contributed by atoms with Crippen LogP contribution in [0.4, 0.5) is 0 Å². The lowest BCUT2D eigenvalue weighted by molar-refractivity contribution is 0.353. The quantitative estimate of drug-likeness (QED) is 0.879. The lowest BCUT2D eigenvalue weighted by atomic mass is 10.1. The monoisotopic (exact) mass is 277 g/mol. The molecule has 5 heteroatoms. The van der Waals surface area contributed by atoms with Gasteiger partial charge in [0.05, 0.1) is 6.04 Å². The van der Waals surface area contributed by atoms with Crippen molar-refractivity contribution in [3.8, 4) is 11.4 Å². The number of hydrogen-bond donors (Lipinski definition) is 1. The minimum Gasteiger partial charge on any atom is -0.337 e. The van der Waals surface area contributed by atoms with E-state index < -0.39 is 0 Å². The number of aryl methyl sites for hydroxylation is 1. The predicted molar refractivity (Wildman–Crippen MR) is 79.0 cm³/mol. The Balaban J connectivity index is 2.11. The molecule has 0 saturated carbocycles. The van der Waals surface area contributed by atoms with E-state index in [1.807, 2.05) is 12.1 Å². The summed E-state index contributed by atoms with van der Waals surface area (Å²) in [7, 11) is 0. The van der Waals surface area contributed by atoms with Crippen molar-refractivity contribution in [2.75, 3.05) is 12.0 Å². The molecule has 0 fully saturated rings. The Kier molecular flexibility index (Phi) is 4.99. The van der Waals surface area contributed by atoms with Crippen molar-refractivity contribution >= 4 is 11.8 Å². The molecule has 0 aliphatic heterocycles. The average Bonchev–Trinajstić information content (AvgIpc) is 2.94. The molecular weight excluding hydrogens is 258 g/mol. The molecular formula is C14H19N3OS. The summed E-state index contributed by atoms with van der Waals surface area (Å²) in [5.41, 5.74) is 8.27. The lowest BCUT2D eigenvalue weighted by Gasteiger charge is -2.03. The number of aromatic nitrogens is 2. The van der Waals surface area contributed by atoms with E-state index in [0.29, 0.717) is 11.7 Å². The smallest absolute Gasteiger partial charge is 0.243 e. The van der Waals surface area contributed by atoms with Crippen LogP contribution >= 0.6 is 11.8 Å². The lowest BCUT2D eigenvalue weighted by Crippen LogP contribution is -2.11. The van der Waals surface area contributed by atoms with Crippen LogP contribution in [0.3, 0.4) is 0 Å². The van der Waals surface area contributed by atoms with Gasteiger partial charge in [0.2, 0.25) is 11.7 Å². The van der Waals surface area contributed by atoms with E-state index in [1.54, 1.807) is 11.8 Å². The Morgan fingerprint density at radius 2 is 2.05 bits per heavy atom.